The third-order valence-corrected chi connectivity index (χ3v) is 5.34. The number of hydrogen-bond donors (Lipinski definition) is 2. The Morgan fingerprint density at radius 3 is 2.92 bits per heavy atom. The van der Waals surface area contributed by atoms with E-state index in [1.807, 2.05) is 13.1 Å². The first-order chi connectivity index (χ1) is 12.7. The van der Waals surface area contributed by atoms with E-state index in [0.29, 0.717) is 25.6 Å². The van der Waals surface area contributed by atoms with Gasteiger partial charge in [0, 0.05) is 44.5 Å². The fourth-order valence-electron chi connectivity index (χ4n) is 3.73. The van der Waals surface area contributed by atoms with Crippen LogP contribution in [0.15, 0.2) is 6.20 Å². The van der Waals surface area contributed by atoms with E-state index in [2.05, 4.69) is 15.2 Å². The summed E-state index contributed by atoms with van der Waals surface area (Å²) in [6.07, 6.45) is 7.12. The van der Waals surface area contributed by atoms with Crippen LogP contribution in [0, 0.1) is 5.92 Å². The number of rotatable bonds is 7. The van der Waals surface area contributed by atoms with E-state index in [1.54, 1.807) is 0 Å². The SMILES string of the molecule is CCOCCC(=O)NC1CCCc2nc(N3CCC(CO)CC3)ncc21. The number of nitrogens with zero attached hydrogens (tertiary/aromatic N) is 3. The zero-order chi connectivity index (χ0) is 18.4. The molecule has 1 aromatic heterocycles. The fourth-order valence-corrected chi connectivity index (χ4v) is 3.73. The van der Waals surface area contributed by atoms with Crippen molar-refractivity contribution in [2.75, 3.05) is 37.8 Å². The maximum atomic E-state index is 12.1. The van der Waals surface area contributed by atoms with E-state index >= 15 is 0 Å². The second-order valence-electron chi connectivity index (χ2n) is 7.14. The number of aliphatic hydroxyl groups excluding tert-OH is 1. The molecule has 0 aromatic carbocycles. The Morgan fingerprint density at radius 2 is 2.19 bits per heavy atom. The van der Waals surface area contributed by atoms with Crippen LogP contribution in [0.2, 0.25) is 0 Å². The number of nitrogens with one attached hydrogen (secondary N) is 1. The van der Waals surface area contributed by atoms with Crippen LogP contribution in [-0.4, -0.2) is 53.9 Å². The summed E-state index contributed by atoms with van der Waals surface area (Å²) >= 11 is 0. The number of anilines is 1. The Labute approximate surface area is 155 Å². The zero-order valence-electron chi connectivity index (χ0n) is 15.6. The predicted octanol–water partition coefficient (Wildman–Crippen LogP) is 1.61. The number of piperidine rings is 1. The van der Waals surface area contributed by atoms with Crippen LogP contribution < -0.4 is 10.2 Å². The number of aromatic nitrogens is 2. The minimum atomic E-state index is 0.00190. The molecule has 1 atom stereocenters. The average Bonchev–Trinajstić information content (AvgIpc) is 2.68. The molecular weight excluding hydrogens is 332 g/mol. The number of carbonyl (C=O) groups is 1. The molecule has 1 unspecified atom stereocenters. The van der Waals surface area contributed by atoms with Gasteiger partial charge < -0.3 is 20.1 Å². The first-order valence-electron chi connectivity index (χ1n) is 9.80. The highest BCUT2D eigenvalue weighted by molar-refractivity contribution is 5.76. The molecule has 2 aliphatic rings. The summed E-state index contributed by atoms with van der Waals surface area (Å²) < 4.78 is 5.25. The molecular formula is C19H30N4O3. The maximum Gasteiger partial charge on any atom is 0.225 e. The molecule has 2 heterocycles. The highest BCUT2D eigenvalue weighted by Crippen LogP contribution is 2.30. The summed E-state index contributed by atoms with van der Waals surface area (Å²) in [5.41, 5.74) is 2.11. The first-order valence-corrected chi connectivity index (χ1v) is 9.80. The molecule has 1 aliphatic heterocycles. The average molecular weight is 362 g/mol. The van der Waals surface area contributed by atoms with Crippen LogP contribution in [-0.2, 0) is 16.0 Å². The molecule has 1 aliphatic carbocycles. The molecule has 26 heavy (non-hydrogen) atoms. The van der Waals surface area contributed by atoms with E-state index < -0.39 is 0 Å². The van der Waals surface area contributed by atoms with Crippen LogP contribution >= 0.6 is 0 Å². The van der Waals surface area contributed by atoms with Crippen molar-refractivity contribution in [2.24, 2.45) is 5.92 Å². The normalized spacial score (nSPS) is 20.7. The van der Waals surface area contributed by atoms with Gasteiger partial charge in [-0.1, -0.05) is 0 Å². The molecule has 1 aromatic rings. The van der Waals surface area contributed by atoms with Crippen LogP contribution in [0.1, 0.15) is 56.3 Å². The summed E-state index contributed by atoms with van der Waals surface area (Å²) in [6, 6.07) is 0.00190. The third-order valence-electron chi connectivity index (χ3n) is 5.34. The lowest BCUT2D eigenvalue weighted by Crippen LogP contribution is -2.37. The first kappa shape index (κ1) is 19.0. The molecule has 1 amide bonds. The Hall–Kier alpha value is -1.73. The van der Waals surface area contributed by atoms with Crippen molar-refractivity contribution < 1.29 is 14.6 Å². The summed E-state index contributed by atoms with van der Waals surface area (Å²) in [7, 11) is 0. The largest absolute Gasteiger partial charge is 0.396 e. The molecule has 0 saturated carbocycles. The van der Waals surface area contributed by atoms with Gasteiger partial charge in [-0.3, -0.25) is 4.79 Å². The molecule has 0 radical (unpaired) electrons. The van der Waals surface area contributed by atoms with Gasteiger partial charge >= 0.3 is 0 Å². The topological polar surface area (TPSA) is 87.6 Å². The Bertz CT molecular complexity index is 602. The third kappa shape index (κ3) is 4.71. The molecule has 3 rings (SSSR count). The molecule has 7 heteroatoms. The summed E-state index contributed by atoms with van der Waals surface area (Å²) in [5.74, 6) is 1.20. The van der Waals surface area contributed by atoms with E-state index in [-0.39, 0.29) is 18.6 Å². The summed E-state index contributed by atoms with van der Waals surface area (Å²) in [5, 5.41) is 12.4. The van der Waals surface area contributed by atoms with Gasteiger partial charge in [0.1, 0.15) is 0 Å². The zero-order valence-corrected chi connectivity index (χ0v) is 15.6. The second kappa shape index (κ2) is 9.28. The molecule has 2 N–H and O–H groups in total. The van der Waals surface area contributed by atoms with Gasteiger partial charge in [0.05, 0.1) is 18.3 Å². The monoisotopic (exact) mass is 362 g/mol. The molecule has 0 bridgehead atoms. The number of ether oxygens (including phenoxy) is 1. The molecule has 7 nitrogen and oxygen atoms in total. The molecule has 0 spiro atoms. The Morgan fingerprint density at radius 1 is 1.38 bits per heavy atom. The second-order valence-corrected chi connectivity index (χ2v) is 7.14. The van der Waals surface area contributed by atoms with E-state index in [1.165, 1.54) is 0 Å². The Kier molecular flexibility index (Phi) is 6.80. The molecule has 144 valence electrons. The van der Waals surface area contributed by atoms with Crippen LogP contribution in [0.5, 0.6) is 0 Å². The standard InChI is InChI=1S/C19H30N4O3/c1-2-26-11-8-18(25)21-16-4-3-5-17-15(16)12-20-19(22-17)23-9-6-14(13-24)7-10-23/h12,14,16,24H,2-11,13H2,1H3,(H,21,25). The number of aliphatic hydroxyl groups is 1. The highest BCUT2D eigenvalue weighted by atomic mass is 16.5. The van der Waals surface area contributed by atoms with Crippen molar-refractivity contribution in [3.63, 3.8) is 0 Å². The fraction of sp³-hybridized carbons (Fsp3) is 0.737. The Balaban J connectivity index is 1.63. The quantitative estimate of drug-likeness (QED) is 0.717. The number of aryl methyl sites for hydroxylation is 1. The maximum absolute atomic E-state index is 12.1. The van der Waals surface area contributed by atoms with Gasteiger partial charge in [-0.05, 0) is 44.9 Å². The van der Waals surface area contributed by atoms with Crippen molar-refractivity contribution in [3.8, 4) is 0 Å². The minimum absolute atomic E-state index is 0.00190. The summed E-state index contributed by atoms with van der Waals surface area (Å²) in [4.78, 5) is 23.7. The molecule has 1 saturated heterocycles. The van der Waals surface area contributed by atoms with E-state index in [9.17, 15) is 9.90 Å². The number of hydrogen-bond acceptors (Lipinski definition) is 6. The van der Waals surface area contributed by atoms with Crippen molar-refractivity contribution in [1.82, 2.24) is 15.3 Å². The van der Waals surface area contributed by atoms with Gasteiger partial charge in [0.2, 0.25) is 11.9 Å². The lowest BCUT2D eigenvalue weighted by Gasteiger charge is -2.32. The van der Waals surface area contributed by atoms with E-state index in [4.69, 9.17) is 9.72 Å². The van der Waals surface area contributed by atoms with Crippen molar-refractivity contribution >= 4 is 11.9 Å². The highest BCUT2D eigenvalue weighted by Gasteiger charge is 2.26. The van der Waals surface area contributed by atoms with Crippen molar-refractivity contribution in [3.05, 3.63) is 17.5 Å². The van der Waals surface area contributed by atoms with Crippen LogP contribution in [0.4, 0.5) is 5.95 Å². The minimum Gasteiger partial charge on any atom is -0.396 e. The molecule has 1 fully saturated rings. The van der Waals surface area contributed by atoms with Crippen molar-refractivity contribution in [1.29, 1.82) is 0 Å². The van der Waals surface area contributed by atoms with Crippen molar-refractivity contribution in [2.45, 2.75) is 51.5 Å². The van der Waals surface area contributed by atoms with Gasteiger partial charge in [0.15, 0.2) is 0 Å². The smallest absolute Gasteiger partial charge is 0.225 e. The number of fused-ring (bicyclic) bond motifs is 1. The van der Waals surface area contributed by atoms with Gasteiger partial charge in [-0.25, -0.2) is 9.97 Å². The van der Waals surface area contributed by atoms with Crippen LogP contribution in [0.3, 0.4) is 0 Å². The lowest BCUT2D eigenvalue weighted by atomic mass is 9.92. The van der Waals surface area contributed by atoms with Crippen LogP contribution in [0.25, 0.3) is 0 Å². The summed E-state index contributed by atoms with van der Waals surface area (Å²) in [6.45, 7) is 5.07. The number of carbonyl (C=O) groups excluding carboxylic acids is 1. The van der Waals surface area contributed by atoms with E-state index in [0.717, 1.165) is 62.4 Å². The number of amides is 1. The van der Waals surface area contributed by atoms with Gasteiger partial charge in [-0.15, -0.1) is 0 Å². The van der Waals surface area contributed by atoms with Gasteiger partial charge in [-0.2, -0.15) is 0 Å². The predicted molar refractivity (Wildman–Crippen MR) is 99.0 cm³/mol. The lowest BCUT2D eigenvalue weighted by molar-refractivity contribution is -0.123. The van der Waals surface area contributed by atoms with Gasteiger partial charge in [0.25, 0.3) is 0 Å².